The van der Waals surface area contributed by atoms with Crippen molar-refractivity contribution >= 4 is 29.4 Å². The van der Waals surface area contributed by atoms with Crippen molar-refractivity contribution in [2.75, 3.05) is 0 Å². The highest BCUT2D eigenvalue weighted by Gasteiger charge is 2.51. The third-order valence-electron chi connectivity index (χ3n) is 4.46. The summed E-state index contributed by atoms with van der Waals surface area (Å²) < 4.78 is 0. The first-order valence-electron chi connectivity index (χ1n) is 7.25. The minimum atomic E-state index is -0.987. The molecule has 2 aliphatic carbocycles. The standard InChI is InChI=1S/C16H15ClN2O4/c17-11-4-2-1-3-10(11)14(20)18-19-15(21)12-8-5-6-9(7-8)13(12)16(22)23/h1-6,8-9,12-13H,7H2,(H,18,20)(H,19,21)(H,22,23)/t8-,9+,12-,13+/m1/s1. The van der Waals surface area contributed by atoms with E-state index in [1.165, 1.54) is 6.07 Å². The van der Waals surface area contributed by atoms with Gasteiger partial charge in [-0.2, -0.15) is 0 Å². The van der Waals surface area contributed by atoms with Crippen LogP contribution in [0.3, 0.4) is 0 Å². The van der Waals surface area contributed by atoms with Crippen LogP contribution in [0, 0.1) is 23.7 Å². The molecule has 23 heavy (non-hydrogen) atoms. The summed E-state index contributed by atoms with van der Waals surface area (Å²) >= 11 is 5.92. The Labute approximate surface area is 137 Å². The number of nitrogens with one attached hydrogen (secondary N) is 2. The van der Waals surface area contributed by atoms with Crippen molar-refractivity contribution in [3.05, 3.63) is 47.0 Å². The van der Waals surface area contributed by atoms with Crippen molar-refractivity contribution in [2.45, 2.75) is 6.42 Å². The Bertz CT molecular complexity index is 703. The molecule has 1 aromatic rings. The zero-order valence-electron chi connectivity index (χ0n) is 12.0. The molecule has 3 rings (SSSR count). The van der Waals surface area contributed by atoms with E-state index in [1.807, 2.05) is 12.2 Å². The van der Waals surface area contributed by atoms with E-state index in [4.69, 9.17) is 11.6 Å². The Morgan fingerprint density at radius 2 is 1.70 bits per heavy atom. The number of carboxylic acids is 1. The highest BCUT2D eigenvalue weighted by Crippen LogP contribution is 2.48. The molecule has 0 unspecified atom stereocenters. The highest BCUT2D eigenvalue weighted by molar-refractivity contribution is 6.33. The number of hydrazine groups is 1. The molecule has 7 heteroatoms. The second-order valence-corrected chi connectivity index (χ2v) is 6.17. The fraction of sp³-hybridized carbons (Fsp3) is 0.312. The van der Waals surface area contributed by atoms with Crippen LogP contribution in [0.15, 0.2) is 36.4 Å². The Balaban J connectivity index is 1.66. The van der Waals surface area contributed by atoms with Crippen LogP contribution in [0.1, 0.15) is 16.8 Å². The predicted molar refractivity (Wildman–Crippen MR) is 82.4 cm³/mol. The summed E-state index contributed by atoms with van der Waals surface area (Å²) in [6.07, 6.45) is 4.40. The third-order valence-corrected chi connectivity index (χ3v) is 4.79. The van der Waals surface area contributed by atoms with Crippen LogP contribution in [0.4, 0.5) is 0 Å². The van der Waals surface area contributed by atoms with Gasteiger partial charge in [-0.15, -0.1) is 0 Å². The second kappa shape index (κ2) is 6.04. The maximum Gasteiger partial charge on any atom is 0.307 e. The summed E-state index contributed by atoms with van der Waals surface area (Å²) in [5, 5.41) is 9.60. The molecule has 2 amide bonds. The number of carboxylic acid groups (broad SMARTS) is 1. The van der Waals surface area contributed by atoms with E-state index in [1.54, 1.807) is 18.2 Å². The summed E-state index contributed by atoms with van der Waals surface area (Å²) in [6.45, 7) is 0. The van der Waals surface area contributed by atoms with Crippen LogP contribution in [0.25, 0.3) is 0 Å². The van der Waals surface area contributed by atoms with Crippen molar-refractivity contribution in [1.29, 1.82) is 0 Å². The van der Waals surface area contributed by atoms with Crippen molar-refractivity contribution in [3.8, 4) is 0 Å². The molecule has 3 N–H and O–H groups in total. The monoisotopic (exact) mass is 334 g/mol. The van der Waals surface area contributed by atoms with E-state index in [0.29, 0.717) is 6.42 Å². The maximum absolute atomic E-state index is 12.3. The van der Waals surface area contributed by atoms with Gasteiger partial charge in [0.15, 0.2) is 0 Å². The lowest BCUT2D eigenvalue weighted by Gasteiger charge is -2.23. The first-order chi connectivity index (χ1) is 11.0. The zero-order valence-corrected chi connectivity index (χ0v) is 12.8. The van der Waals surface area contributed by atoms with E-state index in [9.17, 15) is 19.5 Å². The Morgan fingerprint density at radius 3 is 2.35 bits per heavy atom. The first kappa shape index (κ1) is 15.6. The number of hydrogen-bond donors (Lipinski definition) is 3. The molecule has 6 nitrogen and oxygen atoms in total. The van der Waals surface area contributed by atoms with Crippen LogP contribution in [-0.4, -0.2) is 22.9 Å². The number of aliphatic carboxylic acids is 1. The number of halogens is 1. The summed E-state index contributed by atoms with van der Waals surface area (Å²) in [5.41, 5.74) is 4.85. The molecule has 0 aliphatic heterocycles. The van der Waals surface area contributed by atoms with E-state index < -0.39 is 29.6 Å². The highest BCUT2D eigenvalue weighted by atomic mass is 35.5. The predicted octanol–water partition coefficient (Wildman–Crippen LogP) is 1.62. The van der Waals surface area contributed by atoms with E-state index in [-0.39, 0.29) is 22.4 Å². The minimum Gasteiger partial charge on any atom is -0.481 e. The Morgan fingerprint density at radius 1 is 1.04 bits per heavy atom. The summed E-state index contributed by atoms with van der Waals surface area (Å²) in [5.74, 6) is -3.66. The van der Waals surface area contributed by atoms with Crippen LogP contribution < -0.4 is 10.9 Å². The number of carbonyl (C=O) groups is 3. The molecule has 2 aliphatic rings. The number of rotatable bonds is 3. The Kier molecular flexibility index (Phi) is 4.09. The van der Waals surface area contributed by atoms with Gasteiger partial charge in [0.25, 0.3) is 5.91 Å². The maximum atomic E-state index is 12.3. The van der Waals surface area contributed by atoms with Gasteiger partial charge in [-0.1, -0.05) is 35.9 Å². The van der Waals surface area contributed by atoms with Crippen molar-refractivity contribution < 1.29 is 19.5 Å². The fourth-order valence-corrected chi connectivity index (χ4v) is 3.65. The fourth-order valence-electron chi connectivity index (χ4n) is 3.43. The number of fused-ring (bicyclic) bond motifs is 2. The van der Waals surface area contributed by atoms with Crippen molar-refractivity contribution in [1.82, 2.24) is 10.9 Å². The van der Waals surface area contributed by atoms with Crippen molar-refractivity contribution in [2.24, 2.45) is 23.7 Å². The molecule has 0 heterocycles. The molecule has 0 spiro atoms. The van der Waals surface area contributed by atoms with Crippen LogP contribution in [-0.2, 0) is 9.59 Å². The largest absolute Gasteiger partial charge is 0.481 e. The molecule has 4 atom stereocenters. The van der Waals surface area contributed by atoms with Crippen LogP contribution in [0.5, 0.6) is 0 Å². The molecule has 2 bridgehead atoms. The molecule has 1 fully saturated rings. The molecule has 0 aromatic heterocycles. The number of carbonyl (C=O) groups excluding carboxylic acids is 2. The van der Waals surface area contributed by atoms with Gasteiger partial charge >= 0.3 is 5.97 Å². The molecule has 120 valence electrons. The minimum absolute atomic E-state index is 0.0988. The quantitative estimate of drug-likeness (QED) is 0.578. The van der Waals surface area contributed by atoms with Gasteiger partial charge < -0.3 is 5.11 Å². The second-order valence-electron chi connectivity index (χ2n) is 5.76. The number of benzene rings is 1. The molecular weight excluding hydrogens is 320 g/mol. The van der Waals surface area contributed by atoms with Gasteiger partial charge in [0.1, 0.15) is 0 Å². The SMILES string of the molecule is O=C(NNC(=O)[C@H]1[C@@H](C(=O)O)[C@H]2C=C[C@@H]1C2)c1ccccc1Cl. The molecule has 0 radical (unpaired) electrons. The molecule has 1 aromatic carbocycles. The number of allylic oxidation sites excluding steroid dienone is 2. The lowest BCUT2D eigenvalue weighted by atomic mass is 9.82. The lowest BCUT2D eigenvalue weighted by molar-refractivity contribution is -0.148. The summed E-state index contributed by atoms with van der Waals surface area (Å²) in [4.78, 5) is 35.7. The van der Waals surface area contributed by atoms with Gasteiger partial charge in [0, 0.05) is 0 Å². The summed E-state index contributed by atoms with van der Waals surface area (Å²) in [7, 11) is 0. The van der Waals surface area contributed by atoms with Gasteiger partial charge in [-0.05, 0) is 30.4 Å². The van der Waals surface area contributed by atoms with Gasteiger partial charge in [-0.25, -0.2) is 0 Å². The number of hydrogen-bond acceptors (Lipinski definition) is 3. The number of amides is 2. The molecule has 0 saturated heterocycles. The smallest absolute Gasteiger partial charge is 0.307 e. The average molecular weight is 335 g/mol. The third kappa shape index (κ3) is 2.82. The van der Waals surface area contributed by atoms with Crippen LogP contribution in [0.2, 0.25) is 5.02 Å². The van der Waals surface area contributed by atoms with Gasteiger partial charge in [0.2, 0.25) is 5.91 Å². The van der Waals surface area contributed by atoms with Crippen LogP contribution >= 0.6 is 11.6 Å². The average Bonchev–Trinajstić information content (AvgIpc) is 3.13. The summed E-state index contributed by atoms with van der Waals surface area (Å²) in [6, 6.07) is 6.45. The molecular formula is C16H15ClN2O4. The Hall–Kier alpha value is -2.34. The lowest BCUT2D eigenvalue weighted by Crippen LogP contribution is -2.48. The van der Waals surface area contributed by atoms with Gasteiger partial charge in [0.05, 0.1) is 22.4 Å². The molecule has 1 saturated carbocycles. The first-order valence-corrected chi connectivity index (χ1v) is 7.62. The zero-order chi connectivity index (χ0) is 16.6. The van der Waals surface area contributed by atoms with E-state index >= 15 is 0 Å². The van der Waals surface area contributed by atoms with E-state index in [0.717, 1.165) is 0 Å². The normalized spacial score (nSPS) is 27.7. The van der Waals surface area contributed by atoms with Gasteiger partial charge in [-0.3, -0.25) is 25.2 Å². The van der Waals surface area contributed by atoms with E-state index in [2.05, 4.69) is 10.9 Å². The topological polar surface area (TPSA) is 95.5 Å². The van der Waals surface area contributed by atoms with Crippen molar-refractivity contribution in [3.63, 3.8) is 0 Å².